The molecule has 112 valence electrons. The van der Waals surface area contributed by atoms with Crippen LogP contribution in [0, 0.1) is 0 Å². The topological polar surface area (TPSA) is 68.3 Å². The molecule has 0 saturated heterocycles. The van der Waals surface area contributed by atoms with Gasteiger partial charge in [0.05, 0.1) is 0 Å². The van der Waals surface area contributed by atoms with Gasteiger partial charge in [-0.15, -0.1) is 0 Å². The second-order valence-corrected chi connectivity index (χ2v) is 5.00. The predicted molar refractivity (Wildman–Crippen MR) is 78.7 cm³/mol. The van der Waals surface area contributed by atoms with Crippen LogP contribution < -0.4 is 5.32 Å². The maximum atomic E-state index is 11.6. The van der Waals surface area contributed by atoms with E-state index in [0.29, 0.717) is 6.54 Å². The molecular weight excluding hydrogens is 268 g/mol. The number of nitrogens with one attached hydrogen (secondary N) is 1. The maximum Gasteiger partial charge on any atom is 0.357 e. The van der Waals surface area contributed by atoms with Crippen molar-refractivity contribution in [1.29, 1.82) is 0 Å². The van der Waals surface area contributed by atoms with Gasteiger partial charge < -0.3 is 10.1 Å². The fourth-order valence-corrected chi connectivity index (χ4v) is 2.23. The van der Waals surface area contributed by atoms with Gasteiger partial charge in [-0.3, -0.25) is 4.79 Å². The Balaban J connectivity index is 1.63. The van der Waals surface area contributed by atoms with Gasteiger partial charge in [0.1, 0.15) is 5.69 Å². The summed E-state index contributed by atoms with van der Waals surface area (Å²) >= 11 is 0. The second-order valence-electron chi connectivity index (χ2n) is 5.00. The van der Waals surface area contributed by atoms with Crippen LogP contribution >= 0.6 is 0 Å². The van der Waals surface area contributed by atoms with Crippen molar-refractivity contribution in [2.24, 2.45) is 0 Å². The number of allylic oxidation sites excluding steroid dienone is 1. The molecule has 1 aromatic rings. The number of ether oxygens (including phenoxy) is 1. The van der Waals surface area contributed by atoms with E-state index in [9.17, 15) is 9.59 Å². The van der Waals surface area contributed by atoms with E-state index in [-0.39, 0.29) is 18.2 Å². The van der Waals surface area contributed by atoms with Crippen LogP contribution in [0.5, 0.6) is 0 Å². The van der Waals surface area contributed by atoms with Gasteiger partial charge in [0, 0.05) is 12.7 Å². The molecule has 1 N–H and O–H groups in total. The van der Waals surface area contributed by atoms with E-state index in [4.69, 9.17) is 4.74 Å². The Kier molecular flexibility index (Phi) is 5.94. The number of nitrogens with zero attached hydrogens (tertiary/aromatic N) is 1. The zero-order chi connectivity index (χ0) is 14.9. The molecule has 0 spiro atoms. The van der Waals surface area contributed by atoms with Crippen LogP contribution in [0.4, 0.5) is 0 Å². The molecule has 0 aliphatic heterocycles. The Morgan fingerprint density at radius 1 is 1.29 bits per heavy atom. The summed E-state index contributed by atoms with van der Waals surface area (Å²) in [6, 6.07) is 4.96. The molecule has 21 heavy (non-hydrogen) atoms. The molecule has 5 heteroatoms. The number of carbonyl (C=O) groups is 2. The van der Waals surface area contributed by atoms with Crippen molar-refractivity contribution in [2.45, 2.75) is 32.1 Å². The number of amides is 1. The van der Waals surface area contributed by atoms with Crippen molar-refractivity contribution in [3.05, 3.63) is 41.7 Å². The fourth-order valence-electron chi connectivity index (χ4n) is 2.23. The molecule has 1 heterocycles. The highest BCUT2D eigenvalue weighted by atomic mass is 16.5. The average molecular weight is 288 g/mol. The highest BCUT2D eigenvalue weighted by Gasteiger charge is 2.11. The monoisotopic (exact) mass is 288 g/mol. The lowest BCUT2D eigenvalue weighted by molar-refractivity contribution is -0.124. The quantitative estimate of drug-likeness (QED) is 0.644. The summed E-state index contributed by atoms with van der Waals surface area (Å²) in [5.74, 6) is -0.864. The Morgan fingerprint density at radius 2 is 2.19 bits per heavy atom. The van der Waals surface area contributed by atoms with Crippen LogP contribution in [0.2, 0.25) is 0 Å². The molecule has 1 aliphatic rings. The first-order chi connectivity index (χ1) is 10.3. The number of rotatable bonds is 6. The van der Waals surface area contributed by atoms with E-state index < -0.39 is 5.97 Å². The third-order valence-corrected chi connectivity index (χ3v) is 3.36. The van der Waals surface area contributed by atoms with Gasteiger partial charge in [0.25, 0.3) is 5.91 Å². The summed E-state index contributed by atoms with van der Waals surface area (Å²) in [6.45, 7) is 0.320. The Bertz CT molecular complexity index is 512. The Morgan fingerprint density at radius 3 is 2.90 bits per heavy atom. The van der Waals surface area contributed by atoms with Gasteiger partial charge >= 0.3 is 5.97 Å². The second kappa shape index (κ2) is 8.19. The van der Waals surface area contributed by atoms with Crippen molar-refractivity contribution < 1.29 is 14.3 Å². The molecule has 0 radical (unpaired) electrons. The van der Waals surface area contributed by atoms with Gasteiger partial charge in [-0.25, -0.2) is 9.78 Å². The lowest BCUT2D eigenvalue weighted by atomic mass is 9.97. The van der Waals surface area contributed by atoms with Crippen molar-refractivity contribution >= 4 is 11.9 Å². The summed E-state index contributed by atoms with van der Waals surface area (Å²) < 4.78 is 4.90. The zero-order valence-corrected chi connectivity index (χ0v) is 12.0. The van der Waals surface area contributed by atoms with Crippen LogP contribution in [0.3, 0.4) is 0 Å². The smallest absolute Gasteiger partial charge is 0.357 e. The molecule has 1 aliphatic carbocycles. The van der Waals surface area contributed by atoms with E-state index in [1.807, 2.05) is 0 Å². The van der Waals surface area contributed by atoms with E-state index in [1.54, 1.807) is 18.2 Å². The number of carbonyl (C=O) groups excluding carboxylic acids is 2. The molecule has 1 amide bonds. The maximum absolute atomic E-state index is 11.6. The molecule has 0 saturated carbocycles. The molecule has 1 aromatic heterocycles. The average Bonchev–Trinajstić information content (AvgIpc) is 2.54. The molecule has 0 bridgehead atoms. The SMILES string of the molecule is O=C(COC(=O)c1ccccn1)NCCC1=CCCCC1. The van der Waals surface area contributed by atoms with Gasteiger partial charge in [0.2, 0.25) is 0 Å². The lowest BCUT2D eigenvalue weighted by Crippen LogP contribution is -2.30. The van der Waals surface area contributed by atoms with Crippen LogP contribution in [-0.4, -0.2) is 30.0 Å². The number of hydrogen-bond acceptors (Lipinski definition) is 4. The number of pyridine rings is 1. The summed E-state index contributed by atoms with van der Waals surface area (Å²) in [5, 5.41) is 2.76. The van der Waals surface area contributed by atoms with Crippen LogP contribution in [0.15, 0.2) is 36.0 Å². The largest absolute Gasteiger partial charge is 0.451 e. The standard InChI is InChI=1S/C16H20N2O3/c19-15(18-11-9-13-6-2-1-3-7-13)12-21-16(20)14-8-4-5-10-17-14/h4-6,8,10H,1-3,7,9,11-12H2,(H,18,19). The third kappa shape index (κ3) is 5.38. The van der Waals surface area contributed by atoms with E-state index in [1.165, 1.54) is 24.6 Å². The number of esters is 1. The van der Waals surface area contributed by atoms with Gasteiger partial charge in [-0.1, -0.05) is 17.7 Å². The minimum Gasteiger partial charge on any atom is -0.451 e. The first-order valence-electron chi connectivity index (χ1n) is 7.28. The molecule has 0 fully saturated rings. The van der Waals surface area contributed by atoms with Gasteiger partial charge in [-0.2, -0.15) is 0 Å². The van der Waals surface area contributed by atoms with E-state index >= 15 is 0 Å². The molecule has 5 nitrogen and oxygen atoms in total. The first-order valence-corrected chi connectivity index (χ1v) is 7.28. The fraction of sp³-hybridized carbons (Fsp3) is 0.438. The van der Waals surface area contributed by atoms with Gasteiger partial charge in [0.15, 0.2) is 6.61 Å². The van der Waals surface area contributed by atoms with Gasteiger partial charge in [-0.05, 0) is 44.2 Å². The zero-order valence-electron chi connectivity index (χ0n) is 12.0. The minimum absolute atomic E-state index is 0.206. The summed E-state index contributed by atoms with van der Waals surface area (Å²) in [4.78, 5) is 27.1. The molecule has 0 aromatic carbocycles. The van der Waals surface area contributed by atoms with Crippen molar-refractivity contribution in [2.75, 3.05) is 13.2 Å². The minimum atomic E-state index is -0.583. The normalized spacial score (nSPS) is 14.2. The highest BCUT2D eigenvalue weighted by molar-refractivity contribution is 5.89. The van der Waals surface area contributed by atoms with Crippen LogP contribution in [-0.2, 0) is 9.53 Å². The summed E-state index contributed by atoms with van der Waals surface area (Å²) in [5.41, 5.74) is 1.62. The Hall–Kier alpha value is -2.17. The van der Waals surface area contributed by atoms with Crippen molar-refractivity contribution in [1.82, 2.24) is 10.3 Å². The van der Waals surface area contributed by atoms with Crippen molar-refractivity contribution in [3.8, 4) is 0 Å². The molecule has 0 atom stereocenters. The highest BCUT2D eigenvalue weighted by Crippen LogP contribution is 2.19. The van der Waals surface area contributed by atoms with Crippen LogP contribution in [0.25, 0.3) is 0 Å². The molecule has 2 rings (SSSR count). The Labute approximate surface area is 124 Å². The van der Waals surface area contributed by atoms with Crippen molar-refractivity contribution in [3.63, 3.8) is 0 Å². The summed E-state index contributed by atoms with van der Waals surface area (Å²) in [7, 11) is 0. The van der Waals surface area contributed by atoms with Crippen LogP contribution in [0.1, 0.15) is 42.6 Å². The number of aromatic nitrogens is 1. The predicted octanol–water partition coefficient (Wildman–Crippen LogP) is 2.25. The molecular formula is C16H20N2O3. The third-order valence-electron chi connectivity index (χ3n) is 3.36. The van der Waals surface area contributed by atoms with E-state index in [0.717, 1.165) is 19.3 Å². The molecule has 0 unspecified atom stereocenters. The first kappa shape index (κ1) is 15.2. The lowest BCUT2D eigenvalue weighted by Gasteiger charge is -2.12. The van der Waals surface area contributed by atoms with E-state index in [2.05, 4.69) is 16.4 Å². The number of hydrogen-bond donors (Lipinski definition) is 1. The summed E-state index contributed by atoms with van der Waals surface area (Å²) in [6.07, 6.45) is 9.42.